The molecular weight excluding hydrogens is 793 g/mol. The highest BCUT2D eigenvalue weighted by Gasteiger charge is 2.19. The van der Waals surface area contributed by atoms with Crippen LogP contribution in [0.5, 0.6) is 0 Å². The van der Waals surface area contributed by atoms with Crippen molar-refractivity contribution in [3.05, 3.63) is 48.6 Å². The van der Waals surface area contributed by atoms with Crippen LogP contribution < -0.4 is 0 Å². The fourth-order valence-corrected chi connectivity index (χ4v) is 7.86. The molecule has 0 bridgehead atoms. The molecule has 1 atom stereocenters. The molecule has 0 saturated heterocycles. The second kappa shape index (κ2) is 53.0. The zero-order valence-corrected chi connectivity index (χ0v) is 42.6. The van der Waals surface area contributed by atoms with E-state index in [1.54, 1.807) is 0 Å². The molecule has 0 amide bonds. The Bertz CT molecular complexity index is 1120. The van der Waals surface area contributed by atoms with E-state index in [0.717, 1.165) is 96.3 Å². The van der Waals surface area contributed by atoms with Gasteiger partial charge in [-0.3, -0.25) is 14.4 Å². The maximum atomic E-state index is 12.7. The van der Waals surface area contributed by atoms with Crippen molar-refractivity contribution in [2.75, 3.05) is 13.2 Å². The predicted octanol–water partition coefficient (Wildman–Crippen LogP) is 18.3. The number of carbonyl (C=O) groups excluding carboxylic acids is 3. The van der Waals surface area contributed by atoms with E-state index in [9.17, 15) is 14.4 Å². The second-order valence-corrected chi connectivity index (χ2v) is 18.5. The highest BCUT2D eigenvalue weighted by atomic mass is 16.6. The summed E-state index contributed by atoms with van der Waals surface area (Å²) in [7, 11) is 0. The van der Waals surface area contributed by atoms with Crippen molar-refractivity contribution in [1.82, 2.24) is 0 Å². The van der Waals surface area contributed by atoms with Gasteiger partial charge in [-0.15, -0.1) is 0 Å². The number of hydrogen-bond donors (Lipinski definition) is 0. The normalized spacial score (nSPS) is 12.4. The van der Waals surface area contributed by atoms with Crippen molar-refractivity contribution in [3.8, 4) is 0 Å². The van der Waals surface area contributed by atoms with Crippen LogP contribution in [0.2, 0.25) is 0 Å². The Morgan fingerprint density at radius 1 is 0.312 bits per heavy atom. The van der Waals surface area contributed by atoms with Gasteiger partial charge in [0.25, 0.3) is 0 Å². The van der Waals surface area contributed by atoms with Crippen molar-refractivity contribution in [1.29, 1.82) is 0 Å². The summed E-state index contributed by atoms with van der Waals surface area (Å²) in [6.45, 7) is 6.48. The van der Waals surface area contributed by atoms with Crippen LogP contribution in [0.15, 0.2) is 48.6 Å². The van der Waals surface area contributed by atoms with E-state index in [-0.39, 0.29) is 31.1 Å². The molecule has 0 aromatic heterocycles. The molecule has 0 rings (SSSR count). The first-order chi connectivity index (χ1) is 31.5. The number of esters is 3. The molecule has 372 valence electrons. The van der Waals surface area contributed by atoms with Gasteiger partial charge in [0.05, 0.1) is 0 Å². The van der Waals surface area contributed by atoms with Gasteiger partial charge in [-0.2, -0.15) is 0 Å². The largest absolute Gasteiger partial charge is 0.462 e. The minimum Gasteiger partial charge on any atom is -0.462 e. The number of rotatable bonds is 50. The SMILES string of the molecule is CCC/C=C\CCCCCCCC(=O)OC(COC(=O)CCCCCCC)COC(=O)CCCCCCCCCCCCCCCCCC/C=C\C/C=C\C/C=C\CCCCCCC. The van der Waals surface area contributed by atoms with E-state index in [1.165, 1.54) is 148 Å². The van der Waals surface area contributed by atoms with Crippen molar-refractivity contribution >= 4 is 17.9 Å². The molecule has 0 spiro atoms. The van der Waals surface area contributed by atoms with Gasteiger partial charge in [-0.05, 0) is 77.0 Å². The third kappa shape index (κ3) is 50.4. The first-order valence-corrected chi connectivity index (χ1v) is 27.6. The number of hydrogen-bond acceptors (Lipinski definition) is 6. The average molecular weight is 897 g/mol. The van der Waals surface area contributed by atoms with E-state index in [2.05, 4.69) is 69.4 Å². The summed E-state index contributed by atoms with van der Waals surface area (Å²) in [5.74, 6) is -0.894. The molecule has 0 aliphatic rings. The predicted molar refractivity (Wildman–Crippen MR) is 275 cm³/mol. The van der Waals surface area contributed by atoms with Gasteiger partial charge in [0.15, 0.2) is 6.10 Å². The average Bonchev–Trinajstić information content (AvgIpc) is 3.29. The third-order valence-corrected chi connectivity index (χ3v) is 12.0. The number of allylic oxidation sites excluding steroid dienone is 8. The summed E-state index contributed by atoms with van der Waals surface area (Å²) >= 11 is 0. The van der Waals surface area contributed by atoms with Crippen LogP contribution in [-0.4, -0.2) is 37.2 Å². The topological polar surface area (TPSA) is 78.9 Å². The standard InChI is InChI=1S/C58H104O6/c1-4-7-10-13-15-17-19-20-21-22-23-24-25-26-27-28-29-30-31-32-33-34-35-36-37-38-39-41-42-45-48-51-57(60)63-54-55(53-62-56(59)50-47-44-12-9-6-3)64-58(61)52-49-46-43-40-18-16-14-11-8-5-2/h11,14,19-20,22-23,25-26,55H,4-10,12-13,15-18,21,24,27-54H2,1-3H3/b14-11-,20-19-,23-22-,26-25-. The zero-order chi connectivity index (χ0) is 46.5. The van der Waals surface area contributed by atoms with Crippen molar-refractivity contribution < 1.29 is 28.6 Å². The fourth-order valence-electron chi connectivity index (χ4n) is 7.86. The second-order valence-electron chi connectivity index (χ2n) is 18.5. The third-order valence-electron chi connectivity index (χ3n) is 12.0. The van der Waals surface area contributed by atoms with Crippen molar-refractivity contribution in [2.24, 2.45) is 0 Å². The summed E-state index contributed by atoms with van der Waals surface area (Å²) in [4.78, 5) is 37.6. The molecule has 6 heteroatoms. The quantitative estimate of drug-likeness (QED) is 0.0262. The molecule has 0 aromatic carbocycles. The van der Waals surface area contributed by atoms with Gasteiger partial charge in [-0.25, -0.2) is 0 Å². The van der Waals surface area contributed by atoms with Crippen molar-refractivity contribution in [3.63, 3.8) is 0 Å². The first-order valence-electron chi connectivity index (χ1n) is 27.6. The monoisotopic (exact) mass is 897 g/mol. The molecule has 1 unspecified atom stereocenters. The molecule has 64 heavy (non-hydrogen) atoms. The van der Waals surface area contributed by atoms with Gasteiger partial charge in [0, 0.05) is 19.3 Å². The van der Waals surface area contributed by atoms with E-state index >= 15 is 0 Å². The fraction of sp³-hybridized carbons (Fsp3) is 0.810. The van der Waals surface area contributed by atoms with Gasteiger partial charge in [-0.1, -0.05) is 236 Å². The van der Waals surface area contributed by atoms with Crippen LogP contribution in [0.3, 0.4) is 0 Å². The van der Waals surface area contributed by atoms with E-state index in [1.807, 2.05) is 0 Å². The van der Waals surface area contributed by atoms with E-state index in [4.69, 9.17) is 14.2 Å². The van der Waals surface area contributed by atoms with Crippen LogP contribution >= 0.6 is 0 Å². The van der Waals surface area contributed by atoms with Crippen LogP contribution in [0.25, 0.3) is 0 Å². The maximum Gasteiger partial charge on any atom is 0.306 e. The molecule has 0 saturated carbocycles. The minimum atomic E-state index is -0.769. The number of ether oxygens (including phenoxy) is 3. The minimum absolute atomic E-state index is 0.0747. The summed E-state index contributed by atoms with van der Waals surface area (Å²) < 4.78 is 16.6. The molecule has 6 nitrogen and oxygen atoms in total. The molecule has 0 heterocycles. The smallest absolute Gasteiger partial charge is 0.306 e. The van der Waals surface area contributed by atoms with E-state index < -0.39 is 6.10 Å². The van der Waals surface area contributed by atoms with Crippen LogP contribution in [-0.2, 0) is 28.6 Å². The molecule has 0 fully saturated rings. The molecule has 0 radical (unpaired) electrons. The van der Waals surface area contributed by atoms with Gasteiger partial charge >= 0.3 is 17.9 Å². The van der Waals surface area contributed by atoms with Gasteiger partial charge < -0.3 is 14.2 Å². The molecule has 0 aromatic rings. The Hall–Kier alpha value is -2.63. The summed E-state index contributed by atoms with van der Waals surface area (Å²) in [6.07, 6.45) is 64.6. The Morgan fingerprint density at radius 3 is 0.953 bits per heavy atom. The highest BCUT2D eigenvalue weighted by molar-refractivity contribution is 5.71. The molecule has 0 N–H and O–H groups in total. The van der Waals surface area contributed by atoms with Crippen LogP contribution in [0, 0.1) is 0 Å². The number of carbonyl (C=O) groups is 3. The zero-order valence-electron chi connectivity index (χ0n) is 42.6. The first kappa shape index (κ1) is 61.4. The van der Waals surface area contributed by atoms with Crippen LogP contribution in [0.1, 0.15) is 284 Å². The van der Waals surface area contributed by atoms with Crippen LogP contribution in [0.4, 0.5) is 0 Å². The molecule has 0 aliphatic carbocycles. The lowest BCUT2D eigenvalue weighted by molar-refractivity contribution is -0.167. The lowest BCUT2D eigenvalue weighted by Gasteiger charge is -2.18. The van der Waals surface area contributed by atoms with Crippen molar-refractivity contribution in [2.45, 2.75) is 290 Å². The Kier molecular flexibility index (Phi) is 50.8. The van der Waals surface area contributed by atoms with Gasteiger partial charge in [0.1, 0.15) is 13.2 Å². The summed E-state index contributed by atoms with van der Waals surface area (Å²) in [6, 6.07) is 0. The Morgan fingerprint density at radius 2 is 0.594 bits per heavy atom. The summed E-state index contributed by atoms with van der Waals surface area (Å²) in [5.41, 5.74) is 0. The van der Waals surface area contributed by atoms with E-state index in [0.29, 0.717) is 19.3 Å². The highest BCUT2D eigenvalue weighted by Crippen LogP contribution is 2.16. The molecular formula is C58H104O6. The summed E-state index contributed by atoms with van der Waals surface area (Å²) in [5, 5.41) is 0. The molecule has 0 aliphatic heterocycles. The van der Waals surface area contributed by atoms with Gasteiger partial charge in [0.2, 0.25) is 0 Å². The lowest BCUT2D eigenvalue weighted by Crippen LogP contribution is -2.30. The Balaban J connectivity index is 3.89. The maximum absolute atomic E-state index is 12.7. The Labute approximate surface area is 397 Å². The number of unbranched alkanes of at least 4 members (excludes halogenated alkanes) is 31. The lowest BCUT2D eigenvalue weighted by atomic mass is 10.0.